The number of aromatic nitrogens is 1. The van der Waals surface area contributed by atoms with Gasteiger partial charge in [0.1, 0.15) is 6.07 Å². The summed E-state index contributed by atoms with van der Waals surface area (Å²) >= 11 is 0. The first-order chi connectivity index (χ1) is 14.1. The van der Waals surface area contributed by atoms with Gasteiger partial charge in [0.25, 0.3) is 11.8 Å². The van der Waals surface area contributed by atoms with Crippen molar-refractivity contribution in [1.82, 2.24) is 4.98 Å². The van der Waals surface area contributed by atoms with Crippen molar-refractivity contribution in [3.8, 4) is 17.6 Å². The smallest absolute Gasteiger partial charge is 0.257 e. The number of benzene rings is 2. The number of hydrogen-bond donors (Lipinski definition) is 2. The average Bonchev–Trinajstić information content (AvgIpc) is 3.22. The molecule has 3 aromatic rings. The van der Waals surface area contributed by atoms with E-state index in [-0.39, 0.29) is 17.9 Å². The molecular weight excluding hydrogens is 372 g/mol. The Morgan fingerprint density at radius 3 is 2.45 bits per heavy atom. The van der Waals surface area contributed by atoms with Gasteiger partial charge in [-0.15, -0.1) is 0 Å². The second kappa shape index (κ2) is 7.70. The third-order valence-corrected chi connectivity index (χ3v) is 4.19. The fourth-order valence-electron chi connectivity index (χ4n) is 2.75. The van der Waals surface area contributed by atoms with E-state index in [1.54, 1.807) is 42.5 Å². The number of anilines is 2. The van der Waals surface area contributed by atoms with E-state index in [4.69, 9.17) is 14.7 Å². The van der Waals surface area contributed by atoms with E-state index >= 15 is 0 Å². The summed E-state index contributed by atoms with van der Waals surface area (Å²) in [5.74, 6) is 0.257. The van der Waals surface area contributed by atoms with Crippen molar-refractivity contribution < 1.29 is 19.1 Å². The fourth-order valence-corrected chi connectivity index (χ4v) is 2.75. The minimum atomic E-state index is -0.474. The molecule has 4 rings (SSSR count). The van der Waals surface area contributed by atoms with E-state index in [2.05, 4.69) is 15.6 Å². The summed E-state index contributed by atoms with van der Waals surface area (Å²) in [5, 5.41) is 14.5. The van der Waals surface area contributed by atoms with Crippen molar-refractivity contribution in [3.05, 3.63) is 77.6 Å². The Kier molecular flexibility index (Phi) is 4.78. The highest BCUT2D eigenvalue weighted by Crippen LogP contribution is 2.34. The highest BCUT2D eigenvalue weighted by atomic mass is 16.7. The van der Waals surface area contributed by atoms with Crippen LogP contribution in [0.1, 0.15) is 26.3 Å². The average molecular weight is 386 g/mol. The number of carbonyl (C=O) groups is 2. The van der Waals surface area contributed by atoms with E-state index in [0.29, 0.717) is 28.4 Å². The third-order valence-electron chi connectivity index (χ3n) is 4.19. The zero-order chi connectivity index (χ0) is 20.2. The number of carbonyl (C=O) groups excluding carboxylic acids is 2. The van der Waals surface area contributed by atoms with Gasteiger partial charge in [0.05, 0.1) is 22.4 Å². The zero-order valence-corrected chi connectivity index (χ0v) is 15.0. The van der Waals surface area contributed by atoms with Gasteiger partial charge in [0, 0.05) is 24.1 Å². The molecule has 0 fully saturated rings. The lowest BCUT2D eigenvalue weighted by Gasteiger charge is -2.09. The normalized spacial score (nSPS) is 11.4. The molecule has 2 amide bonds. The summed E-state index contributed by atoms with van der Waals surface area (Å²) in [6.07, 6.45) is 2.71. The minimum absolute atomic E-state index is 0.142. The van der Waals surface area contributed by atoms with Gasteiger partial charge in [-0.25, -0.2) is 0 Å². The first-order valence-electron chi connectivity index (χ1n) is 8.60. The van der Waals surface area contributed by atoms with E-state index in [1.165, 1.54) is 18.5 Å². The van der Waals surface area contributed by atoms with E-state index in [1.807, 2.05) is 6.07 Å². The van der Waals surface area contributed by atoms with Crippen LogP contribution in [0.25, 0.3) is 0 Å². The molecule has 8 nitrogen and oxygen atoms in total. The van der Waals surface area contributed by atoms with Crippen LogP contribution in [0.2, 0.25) is 0 Å². The summed E-state index contributed by atoms with van der Waals surface area (Å²) in [6, 6.07) is 15.1. The van der Waals surface area contributed by atoms with Gasteiger partial charge in [-0.3, -0.25) is 14.6 Å². The molecule has 1 aliphatic rings. The number of nitrogens with one attached hydrogen (secondary N) is 2. The number of pyridine rings is 1. The fraction of sp³-hybridized carbons (Fsp3) is 0.0476. The lowest BCUT2D eigenvalue weighted by Crippen LogP contribution is -2.16. The van der Waals surface area contributed by atoms with Gasteiger partial charge in [0.2, 0.25) is 6.79 Å². The molecule has 8 heteroatoms. The molecule has 2 heterocycles. The molecule has 2 N–H and O–H groups in total. The molecule has 0 unspecified atom stereocenters. The van der Waals surface area contributed by atoms with Gasteiger partial charge < -0.3 is 20.1 Å². The number of ether oxygens (including phenoxy) is 2. The Morgan fingerprint density at radius 2 is 1.66 bits per heavy atom. The largest absolute Gasteiger partial charge is 0.454 e. The maximum atomic E-state index is 12.5. The molecule has 0 radical (unpaired) electrons. The van der Waals surface area contributed by atoms with Gasteiger partial charge in [-0.1, -0.05) is 12.1 Å². The lowest BCUT2D eigenvalue weighted by atomic mass is 10.1. The van der Waals surface area contributed by atoms with Crippen molar-refractivity contribution in [2.45, 2.75) is 0 Å². The van der Waals surface area contributed by atoms with Gasteiger partial charge in [0.15, 0.2) is 11.5 Å². The molecule has 29 heavy (non-hydrogen) atoms. The monoisotopic (exact) mass is 386 g/mol. The summed E-state index contributed by atoms with van der Waals surface area (Å²) in [5.41, 5.74) is 1.65. The van der Waals surface area contributed by atoms with Crippen LogP contribution in [-0.2, 0) is 0 Å². The summed E-state index contributed by atoms with van der Waals surface area (Å²) in [4.78, 5) is 29.0. The minimum Gasteiger partial charge on any atom is -0.454 e. The van der Waals surface area contributed by atoms with Gasteiger partial charge in [-0.05, 0) is 30.3 Å². The van der Waals surface area contributed by atoms with E-state index in [0.717, 1.165) is 0 Å². The number of nitriles is 1. The summed E-state index contributed by atoms with van der Waals surface area (Å²) in [7, 11) is 0. The summed E-state index contributed by atoms with van der Waals surface area (Å²) in [6.45, 7) is 0.142. The van der Waals surface area contributed by atoms with Crippen LogP contribution < -0.4 is 20.1 Å². The predicted molar refractivity (Wildman–Crippen MR) is 104 cm³/mol. The second-order valence-corrected chi connectivity index (χ2v) is 6.10. The van der Waals surface area contributed by atoms with Crippen LogP contribution in [0, 0.1) is 11.3 Å². The highest BCUT2D eigenvalue weighted by molar-refractivity contribution is 6.08. The molecule has 0 atom stereocenters. The first kappa shape index (κ1) is 18.0. The standard InChI is InChI=1S/C21H14N4O4/c22-9-13-3-1-2-4-17(13)25-21(27)15-7-14(10-23-11-15)20(26)24-16-5-6-18-19(8-16)29-12-28-18/h1-8,10-11H,12H2,(H,24,26)(H,25,27). The molecule has 142 valence electrons. The Bertz CT molecular complexity index is 1150. The molecular formula is C21H14N4O4. The van der Waals surface area contributed by atoms with Crippen molar-refractivity contribution in [3.63, 3.8) is 0 Å². The van der Waals surface area contributed by atoms with Crippen LogP contribution in [0.3, 0.4) is 0 Å². The van der Waals surface area contributed by atoms with Gasteiger partial charge in [-0.2, -0.15) is 5.26 Å². The van der Waals surface area contributed by atoms with E-state index in [9.17, 15) is 9.59 Å². The van der Waals surface area contributed by atoms with Crippen molar-refractivity contribution in [1.29, 1.82) is 5.26 Å². The summed E-state index contributed by atoms with van der Waals surface area (Å²) < 4.78 is 10.5. The van der Waals surface area contributed by atoms with Crippen molar-refractivity contribution >= 4 is 23.2 Å². The molecule has 1 aliphatic heterocycles. The SMILES string of the molecule is N#Cc1ccccc1NC(=O)c1cncc(C(=O)Nc2ccc3c(c2)OCO3)c1. The maximum Gasteiger partial charge on any atom is 0.257 e. The number of nitrogens with zero attached hydrogens (tertiary/aromatic N) is 2. The Labute approximate surface area is 165 Å². The zero-order valence-electron chi connectivity index (χ0n) is 15.0. The molecule has 0 saturated heterocycles. The van der Waals surface area contributed by atoms with Crippen LogP contribution in [0.15, 0.2) is 60.9 Å². The maximum absolute atomic E-state index is 12.5. The van der Waals surface area contributed by atoms with Crippen LogP contribution in [0.5, 0.6) is 11.5 Å². The molecule has 0 aliphatic carbocycles. The molecule has 2 aromatic carbocycles. The van der Waals surface area contributed by atoms with Crippen LogP contribution in [0.4, 0.5) is 11.4 Å². The Morgan fingerprint density at radius 1 is 0.931 bits per heavy atom. The highest BCUT2D eigenvalue weighted by Gasteiger charge is 2.16. The molecule has 1 aromatic heterocycles. The van der Waals surface area contributed by atoms with Gasteiger partial charge >= 0.3 is 0 Å². The first-order valence-corrected chi connectivity index (χ1v) is 8.60. The molecule has 0 spiro atoms. The Hall–Kier alpha value is -4.38. The number of amides is 2. The molecule has 0 saturated carbocycles. The number of fused-ring (bicyclic) bond motifs is 1. The number of para-hydroxylation sites is 1. The van der Waals surface area contributed by atoms with Crippen LogP contribution in [-0.4, -0.2) is 23.6 Å². The van der Waals surface area contributed by atoms with E-state index < -0.39 is 11.8 Å². The predicted octanol–water partition coefficient (Wildman–Crippen LogP) is 3.19. The lowest BCUT2D eigenvalue weighted by molar-refractivity contribution is 0.102. The molecule has 0 bridgehead atoms. The van der Waals surface area contributed by atoms with Crippen molar-refractivity contribution in [2.24, 2.45) is 0 Å². The number of hydrogen-bond acceptors (Lipinski definition) is 6. The number of rotatable bonds is 4. The Balaban J connectivity index is 1.50. The van der Waals surface area contributed by atoms with Crippen LogP contribution >= 0.6 is 0 Å². The quantitative estimate of drug-likeness (QED) is 0.712. The second-order valence-electron chi connectivity index (χ2n) is 6.10. The third kappa shape index (κ3) is 3.84. The topological polar surface area (TPSA) is 113 Å². The van der Waals surface area contributed by atoms with Crippen molar-refractivity contribution in [2.75, 3.05) is 17.4 Å².